The van der Waals surface area contributed by atoms with E-state index >= 15 is 0 Å². The highest BCUT2D eigenvalue weighted by Gasteiger charge is 2.44. The fraction of sp³-hybridized carbons (Fsp3) is 0.531. The van der Waals surface area contributed by atoms with Crippen LogP contribution in [-0.2, 0) is 0 Å². The first-order valence-electron chi connectivity index (χ1n) is 14.7. The summed E-state index contributed by atoms with van der Waals surface area (Å²) in [5.74, 6) is -0.756. The third-order valence-electron chi connectivity index (χ3n) is 9.60. The molecule has 0 atom stereocenters. The summed E-state index contributed by atoms with van der Waals surface area (Å²) in [6.45, 7) is 2.21. The maximum Gasteiger partial charge on any atom is 0.261 e. The van der Waals surface area contributed by atoms with Crippen molar-refractivity contribution in [3.05, 3.63) is 46.5 Å². The van der Waals surface area contributed by atoms with E-state index in [0.29, 0.717) is 64.6 Å². The van der Waals surface area contributed by atoms with Crippen molar-refractivity contribution in [3.8, 4) is 6.07 Å². The van der Waals surface area contributed by atoms with Gasteiger partial charge in [-0.1, -0.05) is 32.6 Å². The zero-order valence-corrected chi connectivity index (χ0v) is 22.6. The Labute approximate surface area is 229 Å². The average Bonchev–Trinajstić information content (AvgIpc) is 2.96. The fourth-order valence-corrected chi connectivity index (χ4v) is 7.41. The van der Waals surface area contributed by atoms with E-state index in [0.717, 1.165) is 25.7 Å². The van der Waals surface area contributed by atoms with Crippen molar-refractivity contribution in [2.45, 2.75) is 96.1 Å². The van der Waals surface area contributed by atoms with Crippen LogP contribution in [0.25, 0.3) is 10.8 Å². The van der Waals surface area contributed by atoms with E-state index in [1.165, 1.54) is 35.5 Å². The minimum absolute atomic E-state index is 0.0361. The molecule has 4 aliphatic rings. The van der Waals surface area contributed by atoms with Crippen molar-refractivity contribution in [2.24, 2.45) is 11.8 Å². The lowest BCUT2D eigenvalue weighted by atomic mass is 9.80. The number of unbranched alkanes of at least 4 members (excludes halogenated alkanes) is 2. The number of carbonyl (C=O) groups excluding carboxylic acids is 4. The van der Waals surface area contributed by atoms with E-state index in [1.807, 2.05) is 0 Å². The van der Waals surface area contributed by atoms with Crippen molar-refractivity contribution in [2.75, 3.05) is 0 Å². The SMILES string of the molecule is CCCCCC1CCC(N2C(=O)c3ccc4c5c(ccc(c35)C2=O)C(=O)N(C2CCC(C#N)CC2)C4=O)CC1. The number of nitriles is 1. The summed E-state index contributed by atoms with van der Waals surface area (Å²) < 4.78 is 0. The highest BCUT2D eigenvalue weighted by molar-refractivity contribution is 6.33. The molecule has 0 aromatic heterocycles. The molecule has 202 valence electrons. The minimum atomic E-state index is -0.375. The molecule has 0 saturated heterocycles. The molecule has 0 unspecified atom stereocenters. The lowest BCUT2D eigenvalue weighted by Gasteiger charge is -2.39. The van der Waals surface area contributed by atoms with Gasteiger partial charge >= 0.3 is 0 Å². The Bertz CT molecular complexity index is 1340. The van der Waals surface area contributed by atoms with Gasteiger partial charge in [0.2, 0.25) is 0 Å². The number of rotatable bonds is 6. The number of hydrogen-bond acceptors (Lipinski definition) is 5. The zero-order chi connectivity index (χ0) is 27.3. The molecule has 0 N–H and O–H groups in total. The molecule has 7 nitrogen and oxygen atoms in total. The summed E-state index contributed by atoms with van der Waals surface area (Å²) in [4.78, 5) is 57.6. The number of carbonyl (C=O) groups is 4. The molecule has 7 heteroatoms. The summed E-state index contributed by atoms with van der Waals surface area (Å²) in [7, 11) is 0. The molecule has 0 spiro atoms. The largest absolute Gasteiger partial charge is 0.271 e. The molecule has 2 saturated carbocycles. The third kappa shape index (κ3) is 4.16. The second-order valence-corrected chi connectivity index (χ2v) is 11.8. The Hall–Kier alpha value is -3.53. The third-order valence-corrected chi connectivity index (χ3v) is 9.60. The normalized spacial score (nSPS) is 26.8. The van der Waals surface area contributed by atoms with Crippen molar-refractivity contribution >= 4 is 34.4 Å². The molecule has 39 heavy (non-hydrogen) atoms. The van der Waals surface area contributed by atoms with E-state index in [1.54, 1.807) is 24.3 Å². The van der Waals surface area contributed by atoms with Gasteiger partial charge in [0, 0.05) is 51.0 Å². The molecular weight excluding hydrogens is 490 g/mol. The van der Waals surface area contributed by atoms with E-state index in [2.05, 4.69) is 13.0 Å². The van der Waals surface area contributed by atoms with Crippen LogP contribution in [0, 0.1) is 23.2 Å². The van der Waals surface area contributed by atoms with Gasteiger partial charge in [0.1, 0.15) is 0 Å². The van der Waals surface area contributed by atoms with Crippen molar-refractivity contribution < 1.29 is 19.2 Å². The number of benzene rings is 2. The maximum atomic E-state index is 13.8. The summed E-state index contributed by atoms with van der Waals surface area (Å²) in [6.07, 6.45) is 11.2. The highest BCUT2D eigenvalue weighted by Crippen LogP contribution is 2.41. The lowest BCUT2D eigenvalue weighted by molar-refractivity contribution is 0.0465. The van der Waals surface area contributed by atoms with Gasteiger partial charge in [0.05, 0.1) is 6.07 Å². The Morgan fingerprint density at radius 1 is 0.667 bits per heavy atom. The maximum absolute atomic E-state index is 13.8. The Morgan fingerprint density at radius 3 is 1.46 bits per heavy atom. The van der Waals surface area contributed by atoms with Crippen LogP contribution in [0.2, 0.25) is 0 Å². The lowest BCUT2D eigenvalue weighted by Crippen LogP contribution is -2.50. The van der Waals surface area contributed by atoms with Gasteiger partial charge in [-0.2, -0.15) is 5.26 Å². The van der Waals surface area contributed by atoms with Crippen LogP contribution in [-0.4, -0.2) is 45.5 Å². The van der Waals surface area contributed by atoms with Crippen LogP contribution in [0.15, 0.2) is 24.3 Å². The molecule has 2 fully saturated rings. The predicted octanol–water partition coefficient (Wildman–Crippen LogP) is 6.25. The Kier molecular flexibility index (Phi) is 6.74. The highest BCUT2D eigenvalue weighted by atomic mass is 16.2. The summed E-state index contributed by atoms with van der Waals surface area (Å²) in [6, 6.07) is 8.58. The quantitative estimate of drug-likeness (QED) is 0.328. The summed E-state index contributed by atoms with van der Waals surface area (Å²) in [5, 5.41) is 10.1. The first kappa shape index (κ1) is 25.7. The molecule has 2 aromatic carbocycles. The van der Waals surface area contributed by atoms with Crippen molar-refractivity contribution in [1.29, 1.82) is 5.26 Å². The molecule has 2 aromatic rings. The van der Waals surface area contributed by atoms with Crippen molar-refractivity contribution in [1.82, 2.24) is 9.80 Å². The molecular formula is C32H35N3O4. The number of hydrogen-bond donors (Lipinski definition) is 0. The van der Waals surface area contributed by atoms with Gasteiger partial charge in [-0.25, -0.2) is 0 Å². The first-order chi connectivity index (χ1) is 18.9. The molecule has 4 amide bonds. The summed E-state index contributed by atoms with van der Waals surface area (Å²) in [5.41, 5.74) is 1.54. The van der Waals surface area contributed by atoms with E-state index in [4.69, 9.17) is 0 Å². The number of imide groups is 2. The number of amides is 4. The zero-order valence-electron chi connectivity index (χ0n) is 22.6. The van der Waals surface area contributed by atoms with Gasteiger partial charge in [-0.3, -0.25) is 29.0 Å². The fourth-order valence-electron chi connectivity index (χ4n) is 7.41. The molecule has 0 bridgehead atoms. The molecule has 2 aliphatic carbocycles. The van der Waals surface area contributed by atoms with E-state index in [-0.39, 0.29) is 41.6 Å². The smallest absolute Gasteiger partial charge is 0.261 e. The van der Waals surface area contributed by atoms with Crippen LogP contribution in [0.1, 0.15) is 125 Å². The van der Waals surface area contributed by atoms with Gasteiger partial charge in [-0.15, -0.1) is 0 Å². The second-order valence-electron chi connectivity index (χ2n) is 11.8. The molecule has 6 rings (SSSR count). The molecule has 2 heterocycles. The Morgan fingerprint density at radius 2 is 1.08 bits per heavy atom. The summed E-state index contributed by atoms with van der Waals surface area (Å²) >= 11 is 0. The van der Waals surface area contributed by atoms with Crippen LogP contribution in [0.5, 0.6) is 0 Å². The van der Waals surface area contributed by atoms with Crippen LogP contribution < -0.4 is 0 Å². The van der Waals surface area contributed by atoms with Crippen LogP contribution >= 0.6 is 0 Å². The predicted molar refractivity (Wildman–Crippen MR) is 146 cm³/mol. The minimum Gasteiger partial charge on any atom is -0.271 e. The Balaban J connectivity index is 1.29. The van der Waals surface area contributed by atoms with Gasteiger partial charge in [0.15, 0.2) is 0 Å². The van der Waals surface area contributed by atoms with Crippen LogP contribution in [0.4, 0.5) is 0 Å². The van der Waals surface area contributed by atoms with Gasteiger partial charge < -0.3 is 0 Å². The first-order valence-corrected chi connectivity index (χ1v) is 14.7. The van der Waals surface area contributed by atoms with Crippen molar-refractivity contribution in [3.63, 3.8) is 0 Å². The number of nitrogens with zero attached hydrogens (tertiary/aromatic N) is 3. The van der Waals surface area contributed by atoms with Crippen LogP contribution in [0.3, 0.4) is 0 Å². The topological polar surface area (TPSA) is 98.6 Å². The standard InChI is InChI=1S/C32H35N3O4/c1-2-3-4-5-19-6-10-21(11-7-19)34-29(36)23-14-16-25-28-26(17-15-24(27(23)28)30(34)37)32(39)35(31(25)38)22-12-8-20(18-33)9-13-22/h14-17,19-22H,2-13H2,1H3. The average molecular weight is 526 g/mol. The van der Waals surface area contributed by atoms with E-state index in [9.17, 15) is 24.4 Å². The van der Waals surface area contributed by atoms with Gasteiger partial charge in [-0.05, 0) is 81.5 Å². The molecule has 2 aliphatic heterocycles. The van der Waals surface area contributed by atoms with Gasteiger partial charge in [0.25, 0.3) is 23.6 Å². The monoisotopic (exact) mass is 525 g/mol. The second kappa shape index (κ2) is 10.2. The molecule has 0 radical (unpaired) electrons. The van der Waals surface area contributed by atoms with E-state index < -0.39 is 0 Å².